The molecule has 6 nitrogen and oxygen atoms in total. The summed E-state index contributed by atoms with van der Waals surface area (Å²) in [5.41, 5.74) is 5.40. The highest BCUT2D eigenvalue weighted by atomic mass is 16.3. The van der Waals surface area contributed by atoms with Crippen LogP contribution in [0.3, 0.4) is 0 Å². The molecule has 0 saturated heterocycles. The molecule has 0 atom stereocenters. The maximum absolute atomic E-state index is 11.9. The van der Waals surface area contributed by atoms with E-state index in [2.05, 4.69) is 10.6 Å². The minimum atomic E-state index is -0.726. The van der Waals surface area contributed by atoms with Crippen molar-refractivity contribution in [3.8, 4) is 5.75 Å². The smallest absolute Gasteiger partial charge is 0.253 e. The summed E-state index contributed by atoms with van der Waals surface area (Å²) in [5, 5.41) is 14.5. The molecule has 5 N–H and O–H groups in total. The summed E-state index contributed by atoms with van der Waals surface area (Å²) in [6.07, 6.45) is 0. The van der Waals surface area contributed by atoms with Crippen LogP contribution in [-0.4, -0.2) is 30.5 Å². The van der Waals surface area contributed by atoms with Gasteiger partial charge in [-0.1, -0.05) is 0 Å². The van der Waals surface area contributed by atoms with E-state index < -0.39 is 11.3 Å². The first-order chi connectivity index (χ1) is 8.77. The molecule has 1 rings (SSSR count). The van der Waals surface area contributed by atoms with Crippen molar-refractivity contribution in [3.63, 3.8) is 0 Å². The standard InChI is InChI=1S/C13H19N3O3/c1-13(2,12(19)15-3)7-16-11(18)9-6-8(17)4-5-10(9)14/h4-6,17H,7,14H2,1-3H3,(H,15,19)(H,16,18). The Labute approximate surface area is 112 Å². The number of benzene rings is 1. The fourth-order valence-corrected chi connectivity index (χ4v) is 1.56. The highest BCUT2D eigenvalue weighted by Crippen LogP contribution is 2.19. The number of hydrogen-bond acceptors (Lipinski definition) is 4. The number of nitrogen functional groups attached to an aromatic ring is 1. The van der Waals surface area contributed by atoms with Crippen molar-refractivity contribution < 1.29 is 14.7 Å². The van der Waals surface area contributed by atoms with Crippen LogP contribution in [0.2, 0.25) is 0 Å². The van der Waals surface area contributed by atoms with E-state index >= 15 is 0 Å². The molecule has 6 heteroatoms. The number of phenolic OH excluding ortho intramolecular Hbond substituents is 1. The highest BCUT2D eigenvalue weighted by molar-refractivity contribution is 5.99. The second-order valence-corrected chi connectivity index (χ2v) is 4.92. The first-order valence-corrected chi connectivity index (χ1v) is 5.87. The number of hydrogen-bond donors (Lipinski definition) is 4. The maximum atomic E-state index is 11.9. The van der Waals surface area contributed by atoms with Crippen LogP contribution in [0, 0.1) is 5.41 Å². The maximum Gasteiger partial charge on any atom is 0.253 e. The number of nitrogens with two attached hydrogens (primary N) is 1. The zero-order valence-corrected chi connectivity index (χ0v) is 11.3. The quantitative estimate of drug-likeness (QED) is 0.469. The van der Waals surface area contributed by atoms with E-state index in [0.29, 0.717) is 0 Å². The summed E-state index contributed by atoms with van der Waals surface area (Å²) < 4.78 is 0. The summed E-state index contributed by atoms with van der Waals surface area (Å²) in [6.45, 7) is 3.61. The molecule has 0 radical (unpaired) electrons. The second-order valence-electron chi connectivity index (χ2n) is 4.92. The van der Waals surface area contributed by atoms with E-state index in [1.807, 2.05) is 0 Å². The van der Waals surface area contributed by atoms with Crippen LogP contribution in [0.25, 0.3) is 0 Å². The number of carbonyl (C=O) groups is 2. The molecular weight excluding hydrogens is 246 g/mol. The van der Waals surface area contributed by atoms with Gasteiger partial charge in [0.05, 0.1) is 11.0 Å². The van der Waals surface area contributed by atoms with Crippen molar-refractivity contribution in [1.29, 1.82) is 0 Å². The molecule has 0 fully saturated rings. The van der Waals surface area contributed by atoms with Gasteiger partial charge in [0, 0.05) is 19.3 Å². The van der Waals surface area contributed by atoms with E-state index in [0.717, 1.165) is 0 Å². The van der Waals surface area contributed by atoms with Crippen LogP contribution in [0.1, 0.15) is 24.2 Å². The normalized spacial score (nSPS) is 10.9. The van der Waals surface area contributed by atoms with Crippen molar-refractivity contribution in [2.75, 3.05) is 19.3 Å². The van der Waals surface area contributed by atoms with Gasteiger partial charge in [-0.15, -0.1) is 0 Å². The van der Waals surface area contributed by atoms with Gasteiger partial charge in [-0.25, -0.2) is 0 Å². The minimum absolute atomic E-state index is 0.0371. The molecule has 0 spiro atoms. The predicted molar refractivity (Wildman–Crippen MR) is 72.7 cm³/mol. The van der Waals surface area contributed by atoms with E-state index in [1.54, 1.807) is 20.9 Å². The SMILES string of the molecule is CNC(=O)C(C)(C)CNC(=O)c1cc(O)ccc1N. The topological polar surface area (TPSA) is 104 Å². The van der Waals surface area contributed by atoms with Crippen molar-refractivity contribution >= 4 is 17.5 Å². The number of anilines is 1. The molecule has 0 aliphatic carbocycles. The Morgan fingerprint density at radius 3 is 2.58 bits per heavy atom. The molecule has 0 heterocycles. The number of amides is 2. The zero-order chi connectivity index (χ0) is 14.6. The van der Waals surface area contributed by atoms with Crippen LogP contribution >= 0.6 is 0 Å². The Bertz CT molecular complexity index is 498. The second kappa shape index (κ2) is 5.60. The van der Waals surface area contributed by atoms with Crippen LogP contribution in [0.5, 0.6) is 5.75 Å². The predicted octanol–water partition coefficient (Wildman–Crippen LogP) is 0.476. The average molecular weight is 265 g/mol. The van der Waals surface area contributed by atoms with Gasteiger partial charge in [-0.3, -0.25) is 9.59 Å². The first-order valence-electron chi connectivity index (χ1n) is 5.87. The minimum Gasteiger partial charge on any atom is -0.508 e. The van der Waals surface area contributed by atoms with Crippen LogP contribution in [-0.2, 0) is 4.79 Å². The molecule has 0 aliphatic rings. The van der Waals surface area contributed by atoms with Gasteiger partial charge >= 0.3 is 0 Å². The summed E-state index contributed by atoms with van der Waals surface area (Å²) in [6, 6.07) is 4.15. The Morgan fingerprint density at radius 2 is 2.00 bits per heavy atom. The Balaban J connectivity index is 2.76. The van der Waals surface area contributed by atoms with Crippen molar-refractivity contribution in [2.45, 2.75) is 13.8 Å². The van der Waals surface area contributed by atoms with Crippen LogP contribution in [0.15, 0.2) is 18.2 Å². The van der Waals surface area contributed by atoms with Gasteiger partial charge in [-0.2, -0.15) is 0 Å². The highest BCUT2D eigenvalue weighted by Gasteiger charge is 2.27. The monoisotopic (exact) mass is 265 g/mol. The molecule has 0 bridgehead atoms. The molecule has 1 aromatic rings. The van der Waals surface area contributed by atoms with E-state index in [9.17, 15) is 14.7 Å². The molecule has 19 heavy (non-hydrogen) atoms. The fraction of sp³-hybridized carbons (Fsp3) is 0.385. The third-order valence-corrected chi connectivity index (χ3v) is 2.81. The summed E-state index contributed by atoms with van der Waals surface area (Å²) in [5.74, 6) is -0.632. The number of carbonyl (C=O) groups excluding carboxylic acids is 2. The Kier molecular flexibility index (Phi) is 4.37. The lowest BCUT2D eigenvalue weighted by Crippen LogP contribution is -2.43. The number of aromatic hydroxyl groups is 1. The molecule has 0 aromatic heterocycles. The zero-order valence-electron chi connectivity index (χ0n) is 11.3. The lowest BCUT2D eigenvalue weighted by atomic mass is 9.92. The summed E-state index contributed by atoms with van der Waals surface area (Å²) in [4.78, 5) is 23.5. The van der Waals surface area contributed by atoms with Gasteiger partial charge < -0.3 is 21.5 Å². The van der Waals surface area contributed by atoms with Crippen molar-refractivity contribution in [2.24, 2.45) is 5.41 Å². The number of phenols is 1. The Hall–Kier alpha value is -2.24. The number of nitrogens with one attached hydrogen (secondary N) is 2. The molecule has 2 amide bonds. The van der Waals surface area contributed by atoms with Crippen LogP contribution in [0.4, 0.5) is 5.69 Å². The van der Waals surface area contributed by atoms with Gasteiger partial charge in [0.15, 0.2) is 0 Å². The molecule has 0 saturated carbocycles. The van der Waals surface area contributed by atoms with Crippen molar-refractivity contribution in [3.05, 3.63) is 23.8 Å². The molecule has 0 aliphatic heterocycles. The summed E-state index contributed by atoms with van der Waals surface area (Å²) in [7, 11) is 1.54. The van der Waals surface area contributed by atoms with Gasteiger partial charge in [0.2, 0.25) is 5.91 Å². The van der Waals surface area contributed by atoms with E-state index in [4.69, 9.17) is 5.73 Å². The third-order valence-electron chi connectivity index (χ3n) is 2.81. The largest absolute Gasteiger partial charge is 0.508 e. The lowest BCUT2D eigenvalue weighted by Gasteiger charge is -2.23. The van der Waals surface area contributed by atoms with Crippen LogP contribution < -0.4 is 16.4 Å². The third kappa shape index (κ3) is 3.61. The van der Waals surface area contributed by atoms with Gasteiger partial charge in [0.25, 0.3) is 5.91 Å². The number of rotatable bonds is 4. The van der Waals surface area contributed by atoms with Gasteiger partial charge in [-0.05, 0) is 32.0 Å². The van der Waals surface area contributed by atoms with E-state index in [-0.39, 0.29) is 29.5 Å². The molecule has 0 unspecified atom stereocenters. The molecule has 1 aromatic carbocycles. The average Bonchev–Trinajstić information content (AvgIpc) is 2.37. The molecular formula is C13H19N3O3. The molecule has 104 valence electrons. The first kappa shape index (κ1) is 14.8. The fourth-order valence-electron chi connectivity index (χ4n) is 1.56. The Morgan fingerprint density at radius 1 is 1.37 bits per heavy atom. The van der Waals surface area contributed by atoms with E-state index in [1.165, 1.54) is 18.2 Å². The van der Waals surface area contributed by atoms with Crippen molar-refractivity contribution in [1.82, 2.24) is 10.6 Å². The summed E-state index contributed by atoms with van der Waals surface area (Å²) >= 11 is 0. The van der Waals surface area contributed by atoms with Gasteiger partial charge in [0.1, 0.15) is 5.75 Å². The lowest BCUT2D eigenvalue weighted by molar-refractivity contribution is -0.128.